The van der Waals surface area contributed by atoms with Crippen molar-refractivity contribution in [3.8, 4) is 0 Å². The predicted molar refractivity (Wildman–Crippen MR) is 142 cm³/mol. The molecule has 2 rings (SSSR count). The van der Waals surface area contributed by atoms with Crippen LogP contribution >= 0.6 is 0 Å². The zero-order chi connectivity index (χ0) is 32.5. The zero-order valence-corrected chi connectivity index (χ0v) is 23.4. The predicted octanol–water partition coefficient (Wildman–Crippen LogP) is 5.29. The summed E-state index contributed by atoms with van der Waals surface area (Å²) in [7, 11) is 0. The first kappa shape index (κ1) is 38.3. The highest BCUT2D eigenvalue weighted by atomic mass is 19.4. The van der Waals surface area contributed by atoms with E-state index in [1.54, 1.807) is 11.6 Å². The second-order valence-corrected chi connectivity index (χ2v) is 8.68. The minimum Gasteiger partial charge on any atom is -0.475 e. The van der Waals surface area contributed by atoms with Crippen LogP contribution < -0.4 is 5.48 Å². The number of nitrogens with one attached hydrogen (secondary N) is 1. The number of aryl methyl sites for hydroxylation is 1. The molecular weight excluding hydrogens is 578 g/mol. The Kier molecular flexibility index (Phi) is 17.1. The maximum atomic E-state index is 11.2. The number of carboxylic acid groups (broad SMARTS) is 2. The molecule has 10 nitrogen and oxygen atoms in total. The summed E-state index contributed by atoms with van der Waals surface area (Å²) >= 11 is 0. The van der Waals surface area contributed by atoms with Crippen LogP contribution in [-0.4, -0.2) is 79.7 Å². The van der Waals surface area contributed by atoms with Gasteiger partial charge >= 0.3 is 24.3 Å². The topological polar surface area (TPSA) is 145 Å². The molecule has 1 amide bonds. The Labute approximate surface area is 238 Å². The molecule has 0 fully saturated rings. The lowest BCUT2D eigenvalue weighted by Crippen LogP contribution is -2.27. The van der Waals surface area contributed by atoms with E-state index >= 15 is 0 Å². The lowest BCUT2D eigenvalue weighted by atomic mass is 10.1. The number of carbonyl (C=O) groups excluding carboxylic acids is 1. The molecule has 1 aromatic heterocycles. The lowest BCUT2D eigenvalue weighted by Gasteiger charge is -2.19. The van der Waals surface area contributed by atoms with Gasteiger partial charge in [0, 0.05) is 25.6 Å². The lowest BCUT2D eigenvalue weighted by molar-refractivity contribution is -0.193. The average Bonchev–Trinajstić information content (AvgIpc) is 3.26. The van der Waals surface area contributed by atoms with Gasteiger partial charge < -0.3 is 19.7 Å². The number of unbranched alkanes of at least 4 members (excludes halogenated alkanes) is 3. The minimum absolute atomic E-state index is 0.540. The number of carboxylic acids is 2. The summed E-state index contributed by atoms with van der Waals surface area (Å²) in [4.78, 5) is 36.3. The molecule has 0 aliphatic carbocycles. The molecular formula is C26H36F6N4O6. The fourth-order valence-electron chi connectivity index (χ4n) is 3.44. The third kappa shape index (κ3) is 14.8. The van der Waals surface area contributed by atoms with Gasteiger partial charge in [0.2, 0.25) is 0 Å². The second-order valence-electron chi connectivity index (χ2n) is 8.68. The van der Waals surface area contributed by atoms with Crippen LogP contribution in [0.25, 0.3) is 17.1 Å². The van der Waals surface area contributed by atoms with E-state index in [9.17, 15) is 31.1 Å². The van der Waals surface area contributed by atoms with Crippen LogP contribution in [-0.2, 0) is 27.3 Å². The van der Waals surface area contributed by atoms with Crippen molar-refractivity contribution >= 4 is 35.0 Å². The first-order valence-electron chi connectivity index (χ1n) is 13.0. The Balaban J connectivity index is 0.000000990. The molecule has 1 heterocycles. The number of likely N-dealkylation sites (N-methyl/N-ethyl adjacent to an activating group) is 1. The molecule has 2 aromatic rings. The molecule has 0 aliphatic rings. The van der Waals surface area contributed by atoms with Crippen molar-refractivity contribution in [2.75, 3.05) is 19.6 Å². The molecule has 1 aromatic carbocycles. The van der Waals surface area contributed by atoms with E-state index in [0.717, 1.165) is 61.4 Å². The van der Waals surface area contributed by atoms with Crippen molar-refractivity contribution in [2.24, 2.45) is 0 Å². The highest BCUT2D eigenvalue weighted by molar-refractivity contribution is 5.91. The number of hydrogen-bond acceptors (Lipinski definition) is 6. The fourth-order valence-corrected chi connectivity index (χ4v) is 3.44. The first-order chi connectivity index (χ1) is 19.5. The maximum absolute atomic E-state index is 11.2. The number of hydroxylamine groups is 1. The van der Waals surface area contributed by atoms with Crippen molar-refractivity contribution in [3.05, 3.63) is 35.7 Å². The van der Waals surface area contributed by atoms with E-state index in [-0.39, 0.29) is 0 Å². The van der Waals surface area contributed by atoms with Gasteiger partial charge in [0.05, 0.1) is 11.0 Å². The Morgan fingerprint density at radius 1 is 0.952 bits per heavy atom. The van der Waals surface area contributed by atoms with E-state index < -0.39 is 30.2 Å². The number of rotatable bonds is 12. The van der Waals surface area contributed by atoms with E-state index in [4.69, 9.17) is 30.0 Å². The van der Waals surface area contributed by atoms with Crippen LogP contribution in [0.2, 0.25) is 0 Å². The largest absolute Gasteiger partial charge is 0.490 e. The van der Waals surface area contributed by atoms with Gasteiger partial charge in [0.15, 0.2) is 0 Å². The quantitative estimate of drug-likeness (QED) is 0.0831. The molecule has 0 unspecified atom stereocenters. The normalized spacial score (nSPS) is 11.6. The molecule has 0 spiro atoms. The Bertz CT molecular complexity index is 1140. The average molecular weight is 615 g/mol. The van der Waals surface area contributed by atoms with E-state index in [2.05, 4.69) is 36.3 Å². The van der Waals surface area contributed by atoms with Gasteiger partial charge in [0.25, 0.3) is 5.91 Å². The van der Waals surface area contributed by atoms with Gasteiger partial charge in [-0.05, 0) is 43.3 Å². The molecule has 0 bridgehead atoms. The molecule has 0 aliphatic heterocycles. The summed E-state index contributed by atoms with van der Waals surface area (Å²) in [6.07, 6.45) is -1.29. The molecule has 238 valence electrons. The number of amides is 1. The smallest absolute Gasteiger partial charge is 0.475 e. The summed E-state index contributed by atoms with van der Waals surface area (Å²) in [6.45, 7) is 10.7. The van der Waals surface area contributed by atoms with Gasteiger partial charge in [-0.2, -0.15) is 26.3 Å². The van der Waals surface area contributed by atoms with Crippen LogP contribution in [0, 0.1) is 0 Å². The van der Waals surface area contributed by atoms with Crippen LogP contribution in [0.1, 0.15) is 57.8 Å². The zero-order valence-electron chi connectivity index (χ0n) is 23.4. The summed E-state index contributed by atoms with van der Waals surface area (Å²) < 4.78 is 65.8. The third-order valence-corrected chi connectivity index (χ3v) is 5.66. The number of imidazole rings is 1. The molecule has 0 radical (unpaired) electrons. The molecule has 0 atom stereocenters. The Morgan fingerprint density at radius 3 is 1.95 bits per heavy atom. The van der Waals surface area contributed by atoms with E-state index in [1.807, 2.05) is 12.1 Å². The van der Waals surface area contributed by atoms with Gasteiger partial charge in [-0.1, -0.05) is 46.1 Å². The highest BCUT2D eigenvalue weighted by Crippen LogP contribution is 2.21. The van der Waals surface area contributed by atoms with E-state index in [1.165, 1.54) is 25.3 Å². The number of carbonyl (C=O) groups is 3. The summed E-state index contributed by atoms with van der Waals surface area (Å²) in [5.74, 6) is -4.91. The van der Waals surface area contributed by atoms with Crippen molar-refractivity contribution in [3.63, 3.8) is 0 Å². The third-order valence-electron chi connectivity index (χ3n) is 5.66. The SMILES string of the molecule is CCCCCCc1nc2cc(/C=C/C(=O)NO)ccc2n1CCN(CC)CC.O=C(O)C(F)(F)F.O=C(O)C(F)(F)F. The minimum atomic E-state index is -5.08. The van der Waals surface area contributed by atoms with Gasteiger partial charge in [-0.3, -0.25) is 10.0 Å². The van der Waals surface area contributed by atoms with Crippen molar-refractivity contribution in [2.45, 2.75) is 71.8 Å². The number of aliphatic carboxylic acids is 2. The van der Waals surface area contributed by atoms with Crippen molar-refractivity contribution in [1.82, 2.24) is 19.9 Å². The number of alkyl halides is 6. The van der Waals surface area contributed by atoms with Gasteiger partial charge in [-0.25, -0.2) is 20.1 Å². The monoisotopic (exact) mass is 614 g/mol. The molecule has 0 saturated carbocycles. The standard InChI is InChI=1S/C22H34N4O2.2C2HF3O2/c1-4-7-8-9-10-21-23-19-17-18(12-14-22(27)24-28)11-13-20(19)26(21)16-15-25(5-2)6-3;2*3-2(4,5)1(6)7/h11-14,17,28H,4-10,15-16H2,1-3H3,(H,24,27);2*(H,6,7)/b14-12+;;. The molecule has 42 heavy (non-hydrogen) atoms. The van der Waals surface area contributed by atoms with Crippen molar-refractivity contribution < 1.29 is 56.1 Å². The van der Waals surface area contributed by atoms with Crippen LogP contribution in [0.15, 0.2) is 24.3 Å². The Hall–Kier alpha value is -3.66. The van der Waals surface area contributed by atoms with Crippen molar-refractivity contribution in [1.29, 1.82) is 0 Å². The number of fused-ring (bicyclic) bond motifs is 1. The number of nitrogens with zero attached hydrogens (tertiary/aromatic N) is 3. The summed E-state index contributed by atoms with van der Waals surface area (Å²) in [6, 6.07) is 6.07. The summed E-state index contributed by atoms with van der Waals surface area (Å²) in [5.41, 5.74) is 4.59. The number of hydrogen-bond donors (Lipinski definition) is 4. The van der Waals surface area contributed by atoms with E-state index in [0.29, 0.717) is 0 Å². The van der Waals surface area contributed by atoms with Crippen LogP contribution in [0.4, 0.5) is 26.3 Å². The maximum Gasteiger partial charge on any atom is 0.490 e. The number of halogens is 6. The first-order valence-corrected chi connectivity index (χ1v) is 13.0. The molecule has 0 saturated heterocycles. The fraction of sp³-hybridized carbons (Fsp3) is 0.538. The van der Waals surface area contributed by atoms with Crippen LogP contribution in [0.5, 0.6) is 0 Å². The number of aromatic nitrogens is 2. The number of benzene rings is 1. The molecule has 4 N–H and O–H groups in total. The van der Waals surface area contributed by atoms with Gasteiger partial charge in [-0.15, -0.1) is 0 Å². The molecule has 16 heteroatoms. The summed E-state index contributed by atoms with van der Waals surface area (Å²) in [5, 5.41) is 22.9. The van der Waals surface area contributed by atoms with Gasteiger partial charge in [0.1, 0.15) is 5.82 Å². The second kappa shape index (κ2) is 18.7. The highest BCUT2D eigenvalue weighted by Gasteiger charge is 2.38. The van der Waals surface area contributed by atoms with Crippen LogP contribution in [0.3, 0.4) is 0 Å². The Morgan fingerprint density at radius 2 is 1.50 bits per heavy atom.